The van der Waals surface area contributed by atoms with E-state index in [9.17, 15) is 14.4 Å². The third kappa shape index (κ3) is 8.34. The summed E-state index contributed by atoms with van der Waals surface area (Å²) in [6.45, 7) is 0.605. The highest BCUT2D eigenvalue weighted by molar-refractivity contribution is 5.92. The second-order valence-electron chi connectivity index (χ2n) is 7.11. The molecule has 6 nitrogen and oxygen atoms in total. The number of aliphatic carboxylic acids is 1. The van der Waals surface area contributed by atoms with Crippen LogP contribution in [0.5, 0.6) is 0 Å². The summed E-state index contributed by atoms with van der Waals surface area (Å²) in [6.07, 6.45) is 12.6. The maximum absolute atomic E-state index is 12.3. The molecule has 0 aliphatic rings. The monoisotopic (exact) mass is 399 g/mol. The highest BCUT2D eigenvalue weighted by Crippen LogP contribution is 2.11. The fourth-order valence-corrected chi connectivity index (χ4v) is 3.11. The number of rotatable bonds is 13. The Labute approximate surface area is 170 Å². The van der Waals surface area contributed by atoms with Gasteiger partial charge < -0.3 is 14.8 Å². The lowest BCUT2D eigenvalue weighted by Gasteiger charge is -2.03. The fourth-order valence-electron chi connectivity index (χ4n) is 3.11. The van der Waals surface area contributed by atoms with Gasteiger partial charge in [-0.05, 0) is 31.1 Å². The molecule has 2 aromatic rings. The molecule has 0 saturated carbocycles. The fraction of sp³-hybridized carbons (Fsp3) is 0.435. The summed E-state index contributed by atoms with van der Waals surface area (Å²) in [4.78, 5) is 34.7. The third-order valence-electron chi connectivity index (χ3n) is 4.74. The molecule has 0 bridgehead atoms. The van der Waals surface area contributed by atoms with Crippen LogP contribution in [-0.2, 0) is 9.59 Å². The number of nitrogens with one attached hydrogen (secondary N) is 1. The number of hydrogen-bond donors (Lipinski definition) is 2. The van der Waals surface area contributed by atoms with Gasteiger partial charge in [0.25, 0.3) is 0 Å². The van der Waals surface area contributed by atoms with E-state index in [1.54, 1.807) is 24.3 Å². The lowest BCUT2D eigenvalue weighted by Crippen LogP contribution is -2.22. The summed E-state index contributed by atoms with van der Waals surface area (Å²) in [5.41, 5.74) is 0.723. The van der Waals surface area contributed by atoms with Crippen molar-refractivity contribution < 1.29 is 19.1 Å². The number of carbonyl (C=O) groups is 2. The molecule has 1 aromatic heterocycles. The maximum Gasteiger partial charge on any atom is 0.303 e. The molecule has 1 amide bonds. The number of unbranched alkanes of at least 4 members (excludes halogenated alkanes) is 7. The van der Waals surface area contributed by atoms with E-state index in [0.717, 1.165) is 51.4 Å². The lowest BCUT2D eigenvalue weighted by atomic mass is 10.1. The van der Waals surface area contributed by atoms with E-state index < -0.39 is 5.97 Å². The molecule has 0 saturated heterocycles. The molecule has 1 aromatic carbocycles. The minimum absolute atomic E-state index is 0.154. The van der Waals surface area contributed by atoms with Gasteiger partial charge in [-0.3, -0.25) is 14.4 Å². The van der Waals surface area contributed by atoms with E-state index >= 15 is 0 Å². The number of fused-ring (bicyclic) bond motifs is 1. The number of benzene rings is 1. The van der Waals surface area contributed by atoms with E-state index in [1.165, 1.54) is 18.4 Å². The second-order valence-corrected chi connectivity index (χ2v) is 7.11. The minimum Gasteiger partial charge on any atom is -0.481 e. The van der Waals surface area contributed by atoms with Gasteiger partial charge in [0, 0.05) is 19.0 Å². The van der Waals surface area contributed by atoms with Crippen molar-refractivity contribution in [3.8, 4) is 0 Å². The number of carbonyl (C=O) groups excluding carboxylic acids is 1. The summed E-state index contributed by atoms with van der Waals surface area (Å²) in [6, 6.07) is 7.01. The Bertz CT molecular complexity index is 884. The Morgan fingerprint density at radius 3 is 2.34 bits per heavy atom. The smallest absolute Gasteiger partial charge is 0.303 e. The first-order valence-corrected chi connectivity index (χ1v) is 10.3. The number of carboxylic acids is 1. The highest BCUT2D eigenvalue weighted by atomic mass is 16.4. The average molecular weight is 399 g/mol. The molecule has 6 heteroatoms. The van der Waals surface area contributed by atoms with Crippen LogP contribution in [0.1, 0.15) is 63.4 Å². The van der Waals surface area contributed by atoms with Crippen molar-refractivity contribution in [1.29, 1.82) is 0 Å². The van der Waals surface area contributed by atoms with Crippen molar-refractivity contribution in [2.45, 2.75) is 57.8 Å². The molecular weight excluding hydrogens is 370 g/mol. The molecule has 0 radical (unpaired) electrons. The van der Waals surface area contributed by atoms with Crippen molar-refractivity contribution in [1.82, 2.24) is 5.32 Å². The van der Waals surface area contributed by atoms with Crippen molar-refractivity contribution in [3.63, 3.8) is 0 Å². The zero-order valence-corrected chi connectivity index (χ0v) is 16.7. The zero-order valence-electron chi connectivity index (χ0n) is 16.7. The first-order valence-electron chi connectivity index (χ1n) is 10.3. The van der Waals surface area contributed by atoms with Crippen LogP contribution in [0.15, 0.2) is 45.8 Å². The molecule has 0 aliphatic heterocycles. The first kappa shape index (κ1) is 22.4. The standard InChI is InChI=1S/C23H29NO5/c25-21(24-16-10-6-4-2-1-3-5-7-13-22(26)27)15-14-18-17-29-20-12-9-8-11-19(20)23(18)28/h8-9,11-12,14-15,17H,1-7,10,13,16H2,(H,24,25)(H,26,27)/b15-14+. The molecule has 2 rings (SSSR count). The molecule has 0 unspecified atom stereocenters. The van der Waals surface area contributed by atoms with E-state index in [1.807, 2.05) is 0 Å². The van der Waals surface area contributed by atoms with Crippen LogP contribution >= 0.6 is 0 Å². The zero-order chi connectivity index (χ0) is 20.9. The molecule has 0 fully saturated rings. The maximum atomic E-state index is 12.3. The van der Waals surface area contributed by atoms with Gasteiger partial charge in [0.05, 0.1) is 10.9 Å². The Morgan fingerprint density at radius 2 is 1.62 bits per heavy atom. The molecule has 0 aliphatic carbocycles. The van der Waals surface area contributed by atoms with Crippen LogP contribution in [0.4, 0.5) is 0 Å². The lowest BCUT2D eigenvalue weighted by molar-refractivity contribution is -0.137. The van der Waals surface area contributed by atoms with E-state index in [0.29, 0.717) is 23.1 Å². The molecule has 156 valence electrons. The van der Waals surface area contributed by atoms with Crippen molar-refractivity contribution in [2.24, 2.45) is 0 Å². The summed E-state index contributed by atoms with van der Waals surface area (Å²) in [5, 5.41) is 11.9. The molecule has 0 spiro atoms. The van der Waals surface area contributed by atoms with Gasteiger partial charge in [-0.2, -0.15) is 0 Å². The number of carboxylic acid groups (broad SMARTS) is 1. The summed E-state index contributed by atoms with van der Waals surface area (Å²) < 4.78 is 5.42. The van der Waals surface area contributed by atoms with Crippen molar-refractivity contribution in [2.75, 3.05) is 6.54 Å². The molecular formula is C23H29NO5. The van der Waals surface area contributed by atoms with Crippen LogP contribution in [0.2, 0.25) is 0 Å². The SMILES string of the molecule is O=C(O)CCCCCCCCCCNC(=O)/C=C/c1coc2ccccc2c1=O. The molecule has 1 heterocycles. The molecule has 2 N–H and O–H groups in total. The van der Waals surface area contributed by atoms with E-state index in [4.69, 9.17) is 9.52 Å². The van der Waals surface area contributed by atoms with Crippen LogP contribution in [-0.4, -0.2) is 23.5 Å². The van der Waals surface area contributed by atoms with Crippen LogP contribution < -0.4 is 10.7 Å². The van der Waals surface area contributed by atoms with Gasteiger partial charge in [0.2, 0.25) is 5.91 Å². The Kier molecular flexibility index (Phi) is 9.69. The highest BCUT2D eigenvalue weighted by Gasteiger charge is 2.04. The normalized spacial score (nSPS) is 11.2. The summed E-state index contributed by atoms with van der Waals surface area (Å²) in [7, 11) is 0. The largest absolute Gasteiger partial charge is 0.481 e. The van der Waals surface area contributed by atoms with Gasteiger partial charge in [0.15, 0.2) is 5.43 Å². The molecule has 0 atom stereocenters. The Morgan fingerprint density at radius 1 is 0.966 bits per heavy atom. The minimum atomic E-state index is -0.720. The van der Waals surface area contributed by atoms with E-state index in [2.05, 4.69) is 5.32 Å². The van der Waals surface area contributed by atoms with Gasteiger partial charge >= 0.3 is 5.97 Å². The molecule has 29 heavy (non-hydrogen) atoms. The van der Waals surface area contributed by atoms with E-state index in [-0.39, 0.29) is 17.8 Å². The third-order valence-corrected chi connectivity index (χ3v) is 4.74. The van der Waals surface area contributed by atoms with Crippen LogP contribution in [0, 0.1) is 0 Å². The van der Waals surface area contributed by atoms with Gasteiger partial charge in [-0.15, -0.1) is 0 Å². The Balaban J connectivity index is 1.58. The quantitative estimate of drug-likeness (QED) is 0.381. The van der Waals surface area contributed by atoms with Gasteiger partial charge in [-0.25, -0.2) is 0 Å². The summed E-state index contributed by atoms with van der Waals surface area (Å²) in [5.74, 6) is -0.946. The first-order chi connectivity index (χ1) is 14.1. The van der Waals surface area contributed by atoms with Crippen molar-refractivity contribution >= 4 is 28.9 Å². The Hall–Kier alpha value is -2.89. The number of hydrogen-bond acceptors (Lipinski definition) is 4. The van der Waals surface area contributed by atoms with Crippen LogP contribution in [0.25, 0.3) is 17.0 Å². The summed E-state index contributed by atoms with van der Waals surface area (Å²) >= 11 is 0. The van der Waals surface area contributed by atoms with Gasteiger partial charge in [0.1, 0.15) is 11.8 Å². The average Bonchev–Trinajstić information content (AvgIpc) is 2.71. The number of amides is 1. The number of para-hydroxylation sites is 1. The van der Waals surface area contributed by atoms with Crippen molar-refractivity contribution in [3.05, 3.63) is 52.4 Å². The topological polar surface area (TPSA) is 96.6 Å². The second kappa shape index (κ2) is 12.5. The predicted octanol–water partition coefficient (Wildman–Crippen LogP) is 4.52. The van der Waals surface area contributed by atoms with Crippen LogP contribution in [0.3, 0.4) is 0 Å². The predicted molar refractivity (Wildman–Crippen MR) is 114 cm³/mol. The van der Waals surface area contributed by atoms with Gasteiger partial charge in [-0.1, -0.05) is 50.7 Å².